The van der Waals surface area contributed by atoms with Crippen LogP contribution in [0.4, 0.5) is 0 Å². The molecule has 2 rings (SSSR count). The number of carbonyl (C=O) groups is 3. The summed E-state index contributed by atoms with van der Waals surface area (Å²) in [6.45, 7) is 2.00. The molecule has 0 amide bonds. The van der Waals surface area contributed by atoms with Crippen molar-refractivity contribution in [1.82, 2.24) is 0 Å². The molecule has 23 heavy (non-hydrogen) atoms. The van der Waals surface area contributed by atoms with Crippen molar-refractivity contribution in [2.24, 2.45) is 17.3 Å². The number of ether oxygens (including phenoxy) is 2. The van der Waals surface area contributed by atoms with Crippen LogP contribution < -0.4 is 0 Å². The summed E-state index contributed by atoms with van der Waals surface area (Å²) in [6, 6.07) is 0. The quantitative estimate of drug-likeness (QED) is 0.262. The maximum Gasteiger partial charge on any atom is 0.323 e. The van der Waals surface area contributed by atoms with E-state index < -0.39 is 17.4 Å². The van der Waals surface area contributed by atoms with Gasteiger partial charge in [0.25, 0.3) is 0 Å². The Kier molecular flexibility index (Phi) is 5.19. The fourth-order valence-electron chi connectivity index (χ4n) is 3.63. The van der Waals surface area contributed by atoms with Gasteiger partial charge >= 0.3 is 11.9 Å². The molecule has 0 aliphatic heterocycles. The summed E-state index contributed by atoms with van der Waals surface area (Å²) in [5, 5.41) is 0. The van der Waals surface area contributed by atoms with Crippen LogP contribution in [0.1, 0.15) is 26.2 Å². The van der Waals surface area contributed by atoms with Gasteiger partial charge in [0.05, 0.1) is 14.2 Å². The molecule has 2 aliphatic carbocycles. The molecule has 2 aliphatic rings. The Hall–Kier alpha value is -2.17. The van der Waals surface area contributed by atoms with Crippen molar-refractivity contribution in [2.45, 2.75) is 26.2 Å². The van der Waals surface area contributed by atoms with E-state index in [2.05, 4.69) is 0 Å². The Labute approximate surface area is 136 Å². The summed E-state index contributed by atoms with van der Waals surface area (Å²) >= 11 is 0. The molecular weight excluding hydrogens is 296 g/mol. The molecule has 0 aromatic heterocycles. The standard InChI is InChI=1S/C18H22O5/c1-12-13(8-5-9-19)6-4-7-14-10-18(11-15(12)14,16(20)22-2)17(21)23-3/h4-5,7-9,13-14H,6,10-11H2,1-3H3/b8-5+/t13-,14+/m0/s1. The van der Waals surface area contributed by atoms with Crippen LogP contribution in [0.5, 0.6) is 0 Å². The van der Waals surface area contributed by atoms with Crippen molar-refractivity contribution in [3.63, 3.8) is 0 Å². The number of hydrogen-bond donors (Lipinski definition) is 0. The van der Waals surface area contributed by atoms with Gasteiger partial charge in [0.2, 0.25) is 0 Å². The van der Waals surface area contributed by atoms with Crippen LogP contribution in [-0.4, -0.2) is 32.4 Å². The van der Waals surface area contributed by atoms with E-state index in [1.165, 1.54) is 20.3 Å². The molecule has 0 spiro atoms. The zero-order chi connectivity index (χ0) is 17.0. The Morgan fingerprint density at radius 3 is 2.48 bits per heavy atom. The molecule has 5 nitrogen and oxygen atoms in total. The first-order valence-electron chi connectivity index (χ1n) is 7.65. The summed E-state index contributed by atoms with van der Waals surface area (Å²) in [4.78, 5) is 35.2. The summed E-state index contributed by atoms with van der Waals surface area (Å²) in [5.74, 6) is -0.984. The third-order valence-electron chi connectivity index (χ3n) is 4.90. The number of hydrogen-bond acceptors (Lipinski definition) is 5. The summed E-state index contributed by atoms with van der Waals surface area (Å²) in [7, 11) is 2.57. The van der Waals surface area contributed by atoms with Gasteiger partial charge in [0.15, 0.2) is 5.41 Å². The third-order valence-corrected chi connectivity index (χ3v) is 4.90. The van der Waals surface area contributed by atoms with Crippen molar-refractivity contribution < 1.29 is 23.9 Å². The molecule has 124 valence electrons. The van der Waals surface area contributed by atoms with Crippen molar-refractivity contribution in [3.05, 3.63) is 35.5 Å². The molecule has 0 bridgehead atoms. The molecule has 5 heteroatoms. The van der Waals surface area contributed by atoms with Crippen molar-refractivity contribution in [3.8, 4) is 0 Å². The lowest BCUT2D eigenvalue weighted by Gasteiger charge is -2.23. The van der Waals surface area contributed by atoms with Crippen LogP contribution >= 0.6 is 0 Å². The van der Waals surface area contributed by atoms with Gasteiger partial charge in [0.1, 0.15) is 6.29 Å². The van der Waals surface area contributed by atoms with E-state index in [1.54, 1.807) is 0 Å². The zero-order valence-corrected chi connectivity index (χ0v) is 13.7. The molecule has 0 unspecified atom stereocenters. The molecule has 2 atom stereocenters. The highest BCUT2D eigenvalue weighted by molar-refractivity contribution is 6.01. The molecule has 0 radical (unpaired) electrons. The van der Waals surface area contributed by atoms with Gasteiger partial charge in [-0.1, -0.05) is 29.4 Å². The topological polar surface area (TPSA) is 69.7 Å². The number of fused-ring (bicyclic) bond motifs is 1. The highest BCUT2D eigenvalue weighted by Crippen LogP contribution is 2.50. The highest BCUT2D eigenvalue weighted by atomic mass is 16.5. The first-order valence-corrected chi connectivity index (χ1v) is 7.65. The Morgan fingerprint density at radius 1 is 1.26 bits per heavy atom. The van der Waals surface area contributed by atoms with E-state index in [1.807, 2.05) is 25.2 Å². The van der Waals surface area contributed by atoms with E-state index >= 15 is 0 Å². The number of allylic oxidation sites excluding steroid dienone is 6. The average Bonchev–Trinajstić information content (AvgIpc) is 2.90. The second-order valence-corrected chi connectivity index (χ2v) is 6.05. The molecule has 1 fully saturated rings. The normalized spacial score (nSPS) is 25.9. The van der Waals surface area contributed by atoms with E-state index in [9.17, 15) is 14.4 Å². The van der Waals surface area contributed by atoms with E-state index in [4.69, 9.17) is 9.47 Å². The smallest absolute Gasteiger partial charge is 0.323 e. The van der Waals surface area contributed by atoms with Gasteiger partial charge in [0, 0.05) is 5.92 Å². The lowest BCUT2D eigenvalue weighted by Crippen LogP contribution is -2.39. The number of aldehydes is 1. The van der Waals surface area contributed by atoms with E-state index in [0.717, 1.165) is 23.9 Å². The van der Waals surface area contributed by atoms with Gasteiger partial charge in [-0.3, -0.25) is 14.4 Å². The third kappa shape index (κ3) is 3.00. The molecule has 0 saturated heterocycles. The molecule has 0 heterocycles. The van der Waals surface area contributed by atoms with Gasteiger partial charge in [-0.25, -0.2) is 0 Å². The molecule has 1 saturated carbocycles. The van der Waals surface area contributed by atoms with Crippen molar-refractivity contribution >= 4 is 18.2 Å². The Morgan fingerprint density at radius 2 is 1.91 bits per heavy atom. The van der Waals surface area contributed by atoms with Crippen LogP contribution in [0.25, 0.3) is 0 Å². The number of carbonyl (C=O) groups excluding carboxylic acids is 3. The maximum atomic E-state index is 12.3. The van der Waals surface area contributed by atoms with E-state index in [0.29, 0.717) is 12.8 Å². The predicted molar refractivity (Wildman–Crippen MR) is 84.3 cm³/mol. The maximum absolute atomic E-state index is 12.3. The minimum Gasteiger partial charge on any atom is -0.468 e. The van der Waals surface area contributed by atoms with Gasteiger partial charge in [-0.15, -0.1) is 0 Å². The fraction of sp³-hybridized carbons (Fsp3) is 0.500. The largest absolute Gasteiger partial charge is 0.468 e. The zero-order valence-electron chi connectivity index (χ0n) is 13.7. The van der Waals surface area contributed by atoms with Gasteiger partial charge in [-0.05, 0) is 38.2 Å². The SMILES string of the molecule is COC(=O)C1(C(=O)OC)CC2=C(C)[C@H](/C=C/C=O)CC=C[C@@H]2C1. The van der Waals surface area contributed by atoms with Gasteiger partial charge < -0.3 is 9.47 Å². The van der Waals surface area contributed by atoms with Crippen LogP contribution in [0, 0.1) is 17.3 Å². The minimum atomic E-state index is -1.27. The number of methoxy groups -OCH3 is 2. The lowest BCUT2D eigenvalue weighted by molar-refractivity contribution is -0.168. The monoisotopic (exact) mass is 318 g/mol. The lowest BCUT2D eigenvalue weighted by atomic mass is 9.84. The molecule has 0 aromatic rings. The molecular formula is C18H22O5. The van der Waals surface area contributed by atoms with Crippen LogP contribution in [0.2, 0.25) is 0 Å². The molecule has 0 aromatic carbocycles. The second-order valence-electron chi connectivity index (χ2n) is 6.05. The summed E-state index contributed by atoms with van der Waals surface area (Å²) in [5.41, 5.74) is 0.897. The van der Waals surface area contributed by atoms with Crippen molar-refractivity contribution in [2.75, 3.05) is 14.2 Å². The Bertz CT molecular complexity index is 581. The number of esters is 2. The second kappa shape index (κ2) is 6.94. The van der Waals surface area contributed by atoms with E-state index in [-0.39, 0.29) is 11.8 Å². The number of rotatable bonds is 4. The molecule has 0 N–H and O–H groups in total. The van der Waals surface area contributed by atoms with Crippen LogP contribution in [0.15, 0.2) is 35.5 Å². The van der Waals surface area contributed by atoms with Crippen LogP contribution in [-0.2, 0) is 23.9 Å². The summed E-state index contributed by atoms with van der Waals surface area (Å²) in [6.07, 6.45) is 9.67. The van der Waals surface area contributed by atoms with Crippen LogP contribution in [0.3, 0.4) is 0 Å². The summed E-state index contributed by atoms with van der Waals surface area (Å²) < 4.78 is 9.76. The predicted octanol–water partition coefficient (Wildman–Crippen LogP) is 2.38. The highest BCUT2D eigenvalue weighted by Gasteiger charge is 2.55. The van der Waals surface area contributed by atoms with Gasteiger partial charge in [-0.2, -0.15) is 0 Å². The average molecular weight is 318 g/mol. The Balaban J connectivity index is 2.45. The minimum absolute atomic E-state index is 0.0165. The first-order chi connectivity index (χ1) is 11.0. The first kappa shape index (κ1) is 17.2. The fourth-order valence-corrected chi connectivity index (χ4v) is 3.63. The van der Waals surface area contributed by atoms with Crippen molar-refractivity contribution in [1.29, 1.82) is 0 Å².